The number of carbonyl (C=O) groups is 3. The van der Waals surface area contributed by atoms with Gasteiger partial charge < -0.3 is 20.5 Å². The summed E-state index contributed by atoms with van der Waals surface area (Å²) in [7, 11) is 0. The highest BCUT2D eigenvalue weighted by molar-refractivity contribution is 6.06. The van der Waals surface area contributed by atoms with Crippen LogP contribution in [-0.4, -0.2) is 27.0 Å². The van der Waals surface area contributed by atoms with Crippen molar-refractivity contribution < 1.29 is 23.9 Å². The van der Waals surface area contributed by atoms with E-state index in [1.807, 2.05) is 0 Å². The number of hydrogen-bond acceptors (Lipinski definition) is 8. The fraction of sp³-hybridized carbons (Fsp3) is 0.107. The van der Waals surface area contributed by atoms with Crippen molar-refractivity contribution in [1.29, 1.82) is 0 Å². The number of amides is 1. The van der Waals surface area contributed by atoms with Gasteiger partial charge in [-0.15, -0.1) is 0 Å². The summed E-state index contributed by atoms with van der Waals surface area (Å²) in [5, 5.41) is 2.49. The van der Waals surface area contributed by atoms with E-state index in [1.165, 1.54) is 25.1 Å². The van der Waals surface area contributed by atoms with Crippen molar-refractivity contribution in [2.24, 2.45) is 0 Å². The number of carbonyl (C=O) groups excluding carboxylic acids is 3. The van der Waals surface area contributed by atoms with Crippen LogP contribution in [0.2, 0.25) is 0 Å². The third-order valence-corrected chi connectivity index (χ3v) is 5.53. The van der Waals surface area contributed by atoms with Crippen molar-refractivity contribution in [2.45, 2.75) is 20.4 Å². The first-order valence-electron chi connectivity index (χ1n) is 11.7. The molecular formula is C28H24N4O7. The average molecular weight is 529 g/mol. The number of nitrogens with zero attached hydrogens (tertiary/aromatic N) is 2. The summed E-state index contributed by atoms with van der Waals surface area (Å²) in [6.07, 6.45) is 0. The quantitative estimate of drug-likeness (QED) is 0.274. The van der Waals surface area contributed by atoms with Gasteiger partial charge in [-0.05, 0) is 35.9 Å². The Morgan fingerprint density at radius 3 is 2.03 bits per heavy atom. The van der Waals surface area contributed by atoms with E-state index in [4.69, 9.17) is 15.2 Å². The van der Waals surface area contributed by atoms with Crippen molar-refractivity contribution in [1.82, 2.24) is 9.13 Å². The second kappa shape index (κ2) is 11.3. The first-order valence-corrected chi connectivity index (χ1v) is 11.7. The van der Waals surface area contributed by atoms with Crippen molar-refractivity contribution in [3.8, 4) is 17.2 Å². The van der Waals surface area contributed by atoms with Crippen LogP contribution < -0.4 is 31.8 Å². The molecule has 11 heteroatoms. The third kappa shape index (κ3) is 5.93. The van der Waals surface area contributed by atoms with Gasteiger partial charge in [0.05, 0.1) is 12.2 Å². The molecule has 0 bridgehead atoms. The van der Waals surface area contributed by atoms with Gasteiger partial charge in [0.1, 0.15) is 11.5 Å². The molecule has 0 aliphatic heterocycles. The minimum absolute atomic E-state index is 0.0342. The summed E-state index contributed by atoms with van der Waals surface area (Å²) in [6, 6.07) is 21.1. The molecule has 0 fully saturated rings. The minimum Gasteiger partial charge on any atom is -0.423 e. The van der Waals surface area contributed by atoms with Crippen LogP contribution in [-0.2, 0) is 16.1 Å². The van der Waals surface area contributed by atoms with Crippen LogP contribution in [0.3, 0.4) is 0 Å². The molecule has 0 radical (unpaired) electrons. The SMILES string of the molecule is CC(=O)Oc1ccc(C(=O)Nc2c(N)n(-c3ccccc3)c(=O)n(Cc3ccccc3)c2=O)cc1OC(C)=O. The van der Waals surface area contributed by atoms with Gasteiger partial charge in [0, 0.05) is 19.4 Å². The zero-order valence-electron chi connectivity index (χ0n) is 21.0. The van der Waals surface area contributed by atoms with E-state index in [2.05, 4.69) is 5.32 Å². The van der Waals surface area contributed by atoms with Crippen LogP contribution in [0.1, 0.15) is 29.8 Å². The molecule has 11 nitrogen and oxygen atoms in total. The molecule has 1 amide bonds. The molecule has 1 heterocycles. The number of esters is 2. The maximum atomic E-state index is 13.5. The van der Waals surface area contributed by atoms with Gasteiger partial charge in [0.15, 0.2) is 11.5 Å². The van der Waals surface area contributed by atoms with Crippen molar-refractivity contribution >= 4 is 29.4 Å². The number of rotatable bonds is 7. The molecule has 0 atom stereocenters. The van der Waals surface area contributed by atoms with E-state index in [9.17, 15) is 24.0 Å². The third-order valence-electron chi connectivity index (χ3n) is 5.53. The number of anilines is 2. The standard InChI is InChI=1S/C28H24N4O7/c1-17(33)38-22-14-13-20(15-23(22)39-18(2)34)26(35)30-24-25(29)32(21-11-7-4-8-12-21)28(37)31(27(24)36)16-19-9-5-3-6-10-19/h3-15H,16,29H2,1-2H3,(H,30,35). The maximum absolute atomic E-state index is 13.5. The Labute approximate surface area is 222 Å². The first-order chi connectivity index (χ1) is 18.7. The van der Waals surface area contributed by atoms with E-state index >= 15 is 0 Å². The summed E-state index contributed by atoms with van der Waals surface area (Å²) in [4.78, 5) is 63.1. The van der Waals surface area contributed by atoms with E-state index in [0.29, 0.717) is 11.3 Å². The fourth-order valence-corrected chi connectivity index (χ4v) is 3.83. The number of nitrogen functional groups attached to an aromatic ring is 1. The van der Waals surface area contributed by atoms with Crippen LogP contribution in [0.15, 0.2) is 88.5 Å². The molecule has 1 aromatic heterocycles. The number of aromatic nitrogens is 2. The topological polar surface area (TPSA) is 152 Å². The lowest BCUT2D eigenvalue weighted by molar-refractivity contribution is -0.134. The molecule has 0 saturated carbocycles. The monoisotopic (exact) mass is 528 g/mol. The number of benzene rings is 3. The second-order valence-corrected chi connectivity index (χ2v) is 8.39. The summed E-state index contributed by atoms with van der Waals surface area (Å²) in [5.41, 5.74) is 5.51. The Kier molecular flexibility index (Phi) is 7.71. The predicted molar refractivity (Wildman–Crippen MR) is 143 cm³/mol. The Morgan fingerprint density at radius 1 is 0.821 bits per heavy atom. The lowest BCUT2D eigenvalue weighted by Crippen LogP contribution is -2.42. The van der Waals surface area contributed by atoms with Gasteiger partial charge in [-0.3, -0.25) is 23.7 Å². The summed E-state index contributed by atoms with van der Waals surface area (Å²) in [5.74, 6) is -2.66. The highest BCUT2D eigenvalue weighted by Gasteiger charge is 2.22. The molecule has 198 valence electrons. The lowest BCUT2D eigenvalue weighted by Gasteiger charge is -2.17. The zero-order chi connectivity index (χ0) is 28.1. The molecule has 0 unspecified atom stereocenters. The molecule has 0 aliphatic rings. The van der Waals surface area contributed by atoms with Crippen molar-refractivity contribution in [3.63, 3.8) is 0 Å². The van der Waals surface area contributed by atoms with Gasteiger partial charge in [0.25, 0.3) is 11.5 Å². The molecule has 3 aromatic carbocycles. The Balaban J connectivity index is 1.81. The van der Waals surface area contributed by atoms with Crippen LogP contribution in [0, 0.1) is 0 Å². The van der Waals surface area contributed by atoms with Crippen LogP contribution >= 0.6 is 0 Å². The van der Waals surface area contributed by atoms with E-state index in [1.54, 1.807) is 60.7 Å². The van der Waals surface area contributed by atoms with E-state index in [0.717, 1.165) is 16.1 Å². The lowest BCUT2D eigenvalue weighted by atomic mass is 10.2. The molecule has 4 aromatic rings. The average Bonchev–Trinajstić information content (AvgIpc) is 2.90. The smallest absolute Gasteiger partial charge is 0.337 e. The number of hydrogen-bond donors (Lipinski definition) is 2. The molecule has 4 rings (SSSR count). The second-order valence-electron chi connectivity index (χ2n) is 8.39. The first kappa shape index (κ1) is 26.6. The van der Waals surface area contributed by atoms with Gasteiger partial charge >= 0.3 is 17.6 Å². The van der Waals surface area contributed by atoms with Crippen LogP contribution in [0.25, 0.3) is 5.69 Å². The van der Waals surface area contributed by atoms with Crippen molar-refractivity contribution in [3.05, 3.63) is 111 Å². The fourth-order valence-electron chi connectivity index (χ4n) is 3.83. The number of ether oxygens (including phenoxy) is 2. The van der Waals surface area contributed by atoms with Crippen LogP contribution in [0.5, 0.6) is 11.5 Å². The zero-order valence-corrected chi connectivity index (χ0v) is 21.0. The Morgan fingerprint density at radius 2 is 1.41 bits per heavy atom. The van der Waals surface area contributed by atoms with Gasteiger partial charge in [-0.1, -0.05) is 48.5 Å². The molecule has 39 heavy (non-hydrogen) atoms. The predicted octanol–water partition coefficient (Wildman–Crippen LogP) is 2.73. The van der Waals surface area contributed by atoms with E-state index < -0.39 is 29.1 Å². The van der Waals surface area contributed by atoms with Gasteiger partial charge in [-0.2, -0.15) is 0 Å². The highest BCUT2D eigenvalue weighted by atomic mass is 16.6. The number of para-hydroxylation sites is 1. The summed E-state index contributed by atoms with van der Waals surface area (Å²) in [6.45, 7) is 2.25. The molecule has 0 aliphatic carbocycles. The largest absolute Gasteiger partial charge is 0.423 e. The molecule has 0 spiro atoms. The van der Waals surface area contributed by atoms with Gasteiger partial charge in [-0.25, -0.2) is 9.36 Å². The molecular weight excluding hydrogens is 504 g/mol. The number of nitrogens with two attached hydrogens (primary N) is 1. The summed E-state index contributed by atoms with van der Waals surface area (Å²) < 4.78 is 12.2. The molecule has 3 N–H and O–H groups in total. The number of nitrogens with one attached hydrogen (secondary N) is 1. The van der Waals surface area contributed by atoms with Crippen LogP contribution in [0.4, 0.5) is 11.5 Å². The Hall–Kier alpha value is -5.45. The van der Waals surface area contributed by atoms with E-state index in [-0.39, 0.29) is 35.1 Å². The van der Waals surface area contributed by atoms with Gasteiger partial charge in [0.2, 0.25) is 0 Å². The van der Waals surface area contributed by atoms with Crippen molar-refractivity contribution in [2.75, 3.05) is 11.1 Å². The maximum Gasteiger partial charge on any atom is 0.337 e. The minimum atomic E-state index is -0.807. The molecule has 0 saturated heterocycles. The highest BCUT2D eigenvalue weighted by Crippen LogP contribution is 2.29. The Bertz CT molecular complexity index is 1680. The normalized spacial score (nSPS) is 10.5. The summed E-state index contributed by atoms with van der Waals surface area (Å²) >= 11 is 0.